The van der Waals surface area contributed by atoms with Crippen LogP contribution in [0, 0.1) is 0 Å². The van der Waals surface area contributed by atoms with Gasteiger partial charge in [-0.15, -0.1) is 0 Å². The van der Waals surface area contributed by atoms with Gasteiger partial charge in [-0.1, -0.05) is 82.8 Å². The average molecular weight is 711 g/mol. The third kappa shape index (κ3) is 11.1. The molecule has 276 valence electrons. The molecule has 2 N–H and O–H groups in total. The lowest BCUT2D eigenvalue weighted by Crippen LogP contribution is -2.25. The van der Waals surface area contributed by atoms with Gasteiger partial charge in [-0.25, -0.2) is 4.79 Å². The number of hydrogen-bond donors (Lipinski definition) is 2. The molecule has 2 unspecified atom stereocenters. The van der Waals surface area contributed by atoms with Gasteiger partial charge in [-0.2, -0.15) is 0 Å². The van der Waals surface area contributed by atoms with Crippen molar-refractivity contribution in [1.29, 1.82) is 0 Å². The summed E-state index contributed by atoms with van der Waals surface area (Å²) in [7, 11) is 0. The SMILES string of the molecule is C=C(C)C(=O)O.CC(C)(c1ccc(OCC(O)COc2ccc(C(C)(C)c3ccc(OCC4CO4)cc3)cc2)cc1)c1ccc(OCC2CO2)cc1. The minimum absolute atomic E-state index is 0.134. The molecule has 0 radical (unpaired) electrons. The zero-order valence-electron chi connectivity index (χ0n) is 30.7. The molecule has 0 bridgehead atoms. The molecule has 4 aromatic rings. The Morgan fingerprint density at radius 3 is 1.12 bits per heavy atom. The molecule has 2 aliphatic rings. The van der Waals surface area contributed by atoms with E-state index in [9.17, 15) is 9.90 Å². The fraction of sp³-hybridized carbons (Fsp3) is 0.372. The van der Waals surface area contributed by atoms with Crippen LogP contribution in [0.5, 0.6) is 23.0 Å². The van der Waals surface area contributed by atoms with Crippen molar-refractivity contribution in [2.24, 2.45) is 0 Å². The van der Waals surface area contributed by atoms with E-state index >= 15 is 0 Å². The van der Waals surface area contributed by atoms with Crippen LogP contribution in [0.25, 0.3) is 0 Å². The van der Waals surface area contributed by atoms with Gasteiger partial charge in [0.15, 0.2) is 0 Å². The van der Waals surface area contributed by atoms with E-state index in [2.05, 4.69) is 82.8 Å². The first-order valence-electron chi connectivity index (χ1n) is 17.5. The van der Waals surface area contributed by atoms with E-state index in [4.69, 9.17) is 33.5 Å². The van der Waals surface area contributed by atoms with Gasteiger partial charge in [0.1, 0.15) is 67.7 Å². The molecule has 2 fully saturated rings. The van der Waals surface area contributed by atoms with Gasteiger partial charge in [-0.3, -0.25) is 0 Å². The smallest absolute Gasteiger partial charge is 0.330 e. The maximum atomic E-state index is 10.5. The number of carboxylic acids is 1. The van der Waals surface area contributed by atoms with E-state index in [0.717, 1.165) is 24.7 Å². The van der Waals surface area contributed by atoms with E-state index in [-0.39, 0.29) is 41.8 Å². The van der Waals surface area contributed by atoms with E-state index < -0.39 is 12.1 Å². The molecule has 0 aliphatic carbocycles. The van der Waals surface area contributed by atoms with Crippen molar-refractivity contribution in [1.82, 2.24) is 0 Å². The molecule has 0 saturated carbocycles. The molecule has 2 saturated heterocycles. The molecule has 0 spiro atoms. The van der Waals surface area contributed by atoms with E-state index in [1.54, 1.807) is 0 Å². The van der Waals surface area contributed by atoms with E-state index in [0.29, 0.717) is 24.7 Å². The second kappa shape index (κ2) is 17.1. The zero-order valence-corrected chi connectivity index (χ0v) is 30.7. The summed E-state index contributed by atoms with van der Waals surface area (Å²) in [5.41, 5.74) is 4.51. The number of benzene rings is 4. The predicted octanol–water partition coefficient (Wildman–Crippen LogP) is 7.36. The van der Waals surface area contributed by atoms with Gasteiger partial charge >= 0.3 is 5.97 Å². The lowest BCUT2D eigenvalue weighted by Gasteiger charge is -2.26. The number of carbonyl (C=O) groups is 1. The highest BCUT2D eigenvalue weighted by Crippen LogP contribution is 2.35. The fourth-order valence-electron chi connectivity index (χ4n) is 5.34. The number of hydrogen-bond acceptors (Lipinski definition) is 8. The van der Waals surface area contributed by atoms with Gasteiger partial charge < -0.3 is 38.6 Å². The van der Waals surface area contributed by atoms with Crippen LogP contribution < -0.4 is 18.9 Å². The van der Waals surface area contributed by atoms with Crippen molar-refractivity contribution in [3.05, 3.63) is 131 Å². The Labute approximate surface area is 306 Å². The molecule has 2 aliphatic heterocycles. The Kier molecular flexibility index (Phi) is 12.6. The number of aliphatic carboxylic acids is 1. The van der Waals surface area contributed by atoms with Crippen LogP contribution in [-0.2, 0) is 25.1 Å². The molecular weight excluding hydrogens is 660 g/mol. The quantitative estimate of drug-likeness (QED) is 0.0856. The van der Waals surface area contributed by atoms with E-state index in [1.165, 1.54) is 29.2 Å². The first-order valence-corrected chi connectivity index (χ1v) is 17.5. The van der Waals surface area contributed by atoms with Gasteiger partial charge in [0.05, 0.1) is 13.2 Å². The van der Waals surface area contributed by atoms with Crippen LogP contribution in [0.1, 0.15) is 56.9 Å². The number of epoxide rings is 2. The first-order chi connectivity index (χ1) is 24.8. The third-order valence-electron chi connectivity index (χ3n) is 9.23. The molecular formula is C43H50O9. The molecule has 4 aromatic carbocycles. The zero-order chi connectivity index (χ0) is 37.3. The Bertz CT molecular complexity index is 1610. The number of carboxylic acid groups (broad SMARTS) is 1. The van der Waals surface area contributed by atoms with Crippen LogP contribution in [-0.4, -0.2) is 74.1 Å². The average Bonchev–Trinajstić information content (AvgIpc) is 4.09. The Morgan fingerprint density at radius 1 is 0.635 bits per heavy atom. The second-order valence-corrected chi connectivity index (χ2v) is 14.2. The summed E-state index contributed by atoms with van der Waals surface area (Å²) in [4.78, 5) is 9.60. The Balaban J connectivity index is 0.000000803. The maximum Gasteiger partial charge on any atom is 0.330 e. The van der Waals surface area contributed by atoms with Gasteiger partial charge in [-0.05, 0) is 77.7 Å². The van der Waals surface area contributed by atoms with Crippen molar-refractivity contribution < 1.29 is 43.4 Å². The molecule has 2 atom stereocenters. The maximum absolute atomic E-state index is 10.5. The minimum Gasteiger partial charge on any atom is -0.491 e. The summed E-state index contributed by atoms with van der Waals surface area (Å²) in [5.74, 6) is 2.17. The summed E-state index contributed by atoms with van der Waals surface area (Å²) in [6.45, 7) is 16.4. The van der Waals surface area contributed by atoms with Crippen molar-refractivity contribution in [3.8, 4) is 23.0 Å². The standard InChI is InChI=1S/C39H44O7.C4H6O2/c1-38(2,29-9-17-34(18-10-29)43-23-36-25-45-36)27-5-13-32(14-6-27)41-21-31(40)22-42-33-15-7-28(8-16-33)39(3,4)30-11-19-35(20-12-30)44-24-37-26-46-37;1-3(2)4(5)6/h5-20,31,36-37,40H,21-26H2,1-4H3;1H2,2H3,(H,5,6). The largest absolute Gasteiger partial charge is 0.491 e. The van der Waals surface area contributed by atoms with Crippen molar-refractivity contribution >= 4 is 5.97 Å². The number of aliphatic hydroxyl groups excluding tert-OH is 1. The van der Waals surface area contributed by atoms with Crippen LogP contribution in [0.15, 0.2) is 109 Å². The van der Waals surface area contributed by atoms with Gasteiger partial charge in [0, 0.05) is 16.4 Å². The predicted molar refractivity (Wildman–Crippen MR) is 200 cm³/mol. The third-order valence-corrected chi connectivity index (χ3v) is 9.23. The molecule has 2 heterocycles. The summed E-state index contributed by atoms with van der Waals surface area (Å²) in [5, 5.41) is 18.4. The lowest BCUT2D eigenvalue weighted by molar-refractivity contribution is -0.132. The molecule has 9 nitrogen and oxygen atoms in total. The Morgan fingerprint density at radius 2 is 0.885 bits per heavy atom. The normalized spacial score (nSPS) is 16.8. The Hall–Kier alpha value is -4.83. The highest BCUT2D eigenvalue weighted by Gasteiger charge is 2.26. The molecule has 9 heteroatoms. The molecule has 52 heavy (non-hydrogen) atoms. The number of rotatable bonds is 17. The lowest BCUT2D eigenvalue weighted by atomic mass is 9.78. The van der Waals surface area contributed by atoms with Crippen LogP contribution >= 0.6 is 0 Å². The first kappa shape index (κ1) is 38.4. The van der Waals surface area contributed by atoms with Crippen LogP contribution in [0.3, 0.4) is 0 Å². The fourth-order valence-corrected chi connectivity index (χ4v) is 5.34. The highest BCUT2D eigenvalue weighted by atomic mass is 16.6. The van der Waals surface area contributed by atoms with Crippen LogP contribution in [0.2, 0.25) is 0 Å². The van der Waals surface area contributed by atoms with Crippen molar-refractivity contribution in [2.75, 3.05) is 39.6 Å². The summed E-state index contributed by atoms with van der Waals surface area (Å²) >= 11 is 0. The monoisotopic (exact) mass is 710 g/mol. The van der Waals surface area contributed by atoms with Gasteiger partial charge in [0.25, 0.3) is 0 Å². The summed E-state index contributed by atoms with van der Waals surface area (Å²) in [6, 6.07) is 32.6. The highest BCUT2D eigenvalue weighted by molar-refractivity contribution is 5.84. The van der Waals surface area contributed by atoms with Crippen molar-refractivity contribution in [3.63, 3.8) is 0 Å². The molecule has 0 aromatic heterocycles. The summed E-state index contributed by atoms with van der Waals surface area (Å²) in [6.07, 6.45) is -0.289. The summed E-state index contributed by atoms with van der Waals surface area (Å²) < 4.78 is 33.7. The van der Waals surface area contributed by atoms with E-state index in [1.807, 2.05) is 48.5 Å². The minimum atomic E-state index is -0.935. The van der Waals surface area contributed by atoms with Gasteiger partial charge in [0.2, 0.25) is 0 Å². The topological polar surface area (TPSA) is 120 Å². The van der Waals surface area contributed by atoms with Crippen molar-refractivity contribution in [2.45, 2.75) is 63.8 Å². The number of ether oxygens (including phenoxy) is 6. The van der Waals surface area contributed by atoms with Crippen LogP contribution in [0.4, 0.5) is 0 Å². The number of aliphatic hydroxyl groups is 1. The molecule has 0 amide bonds. The second-order valence-electron chi connectivity index (χ2n) is 14.2. The molecule has 6 rings (SSSR count).